The van der Waals surface area contributed by atoms with E-state index in [2.05, 4.69) is 26.0 Å². The fraction of sp³-hybridized carbons (Fsp3) is 0.750. The highest BCUT2D eigenvalue weighted by atomic mass is 35.5. The minimum Gasteiger partial charge on any atom is -0.340 e. The molecular weight excluding hydrogens is 349 g/mol. The molecule has 24 heavy (non-hydrogen) atoms. The van der Waals surface area contributed by atoms with Crippen molar-refractivity contribution >= 4 is 30.7 Å². The highest BCUT2D eigenvalue weighted by molar-refractivity contribution is 5.85. The highest BCUT2D eigenvalue weighted by Gasteiger charge is 2.26. The minimum atomic E-state index is 0. The van der Waals surface area contributed by atoms with E-state index in [0.29, 0.717) is 18.4 Å². The normalized spacial score (nSPS) is 21.2. The third-order valence-electron chi connectivity index (χ3n) is 4.91. The van der Waals surface area contributed by atoms with Crippen molar-refractivity contribution in [3.63, 3.8) is 0 Å². The van der Waals surface area contributed by atoms with Gasteiger partial charge >= 0.3 is 0 Å². The van der Waals surface area contributed by atoms with Gasteiger partial charge in [0.25, 0.3) is 0 Å². The molecule has 0 spiro atoms. The van der Waals surface area contributed by atoms with Gasteiger partial charge in [-0.3, -0.25) is 9.69 Å². The van der Waals surface area contributed by atoms with Crippen molar-refractivity contribution in [1.82, 2.24) is 24.7 Å². The van der Waals surface area contributed by atoms with Gasteiger partial charge in [-0.1, -0.05) is 0 Å². The van der Waals surface area contributed by atoms with Crippen LogP contribution < -0.4 is 5.32 Å². The van der Waals surface area contributed by atoms with E-state index in [1.54, 1.807) is 0 Å². The van der Waals surface area contributed by atoms with Crippen molar-refractivity contribution in [1.29, 1.82) is 0 Å². The first-order chi connectivity index (χ1) is 10.7. The van der Waals surface area contributed by atoms with Crippen LogP contribution in [0.25, 0.3) is 0 Å². The summed E-state index contributed by atoms with van der Waals surface area (Å²) >= 11 is 0. The number of rotatable bonds is 5. The smallest absolute Gasteiger partial charge is 0.223 e. The van der Waals surface area contributed by atoms with Crippen LogP contribution in [-0.2, 0) is 11.3 Å². The Morgan fingerprint density at radius 3 is 2.71 bits per heavy atom. The van der Waals surface area contributed by atoms with Gasteiger partial charge in [-0.2, -0.15) is 0 Å². The number of amides is 1. The van der Waals surface area contributed by atoms with Crippen LogP contribution in [0.1, 0.15) is 25.1 Å². The number of carbonyl (C=O) groups is 1. The van der Waals surface area contributed by atoms with Crippen LogP contribution in [-0.4, -0.2) is 70.6 Å². The number of likely N-dealkylation sites (tertiary alicyclic amines) is 1. The van der Waals surface area contributed by atoms with E-state index in [9.17, 15) is 4.79 Å². The standard InChI is InChI=1S/C16H27N5O.2ClH/c1-14-18-7-12-21(14)13-15-3-2-8-19(15)9-4-16(22)20-10-5-17-6-11-20;;/h7,12,15,17H,2-6,8-11,13H2,1H3;2*1H. The van der Waals surface area contributed by atoms with Gasteiger partial charge < -0.3 is 14.8 Å². The van der Waals surface area contributed by atoms with Gasteiger partial charge in [0.15, 0.2) is 0 Å². The molecule has 2 fully saturated rings. The molecule has 0 saturated carbocycles. The molecule has 0 aliphatic carbocycles. The Bertz CT molecular complexity index is 504. The predicted molar refractivity (Wildman–Crippen MR) is 100 cm³/mol. The van der Waals surface area contributed by atoms with E-state index in [1.807, 2.05) is 18.0 Å². The van der Waals surface area contributed by atoms with Crippen LogP contribution in [0, 0.1) is 6.92 Å². The van der Waals surface area contributed by atoms with Gasteiger partial charge in [0, 0.05) is 64.1 Å². The molecule has 3 rings (SSSR count). The van der Waals surface area contributed by atoms with Crippen LogP contribution in [0.15, 0.2) is 12.4 Å². The SMILES string of the molecule is Cc1nccn1CC1CCCN1CCC(=O)N1CCNCC1.Cl.Cl. The number of nitrogens with one attached hydrogen (secondary N) is 1. The molecule has 8 heteroatoms. The summed E-state index contributed by atoms with van der Waals surface area (Å²) in [7, 11) is 0. The second-order valence-electron chi connectivity index (χ2n) is 6.34. The Kier molecular flexibility index (Phi) is 9.05. The third kappa shape index (κ3) is 5.34. The molecule has 1 unspecified atom stereocenters. The second kappa shape index (κ2) is 10.2. The van der Waals surface area contributed by atoms with Crippen molar-refractivity contribution in [2.45, 2.75) is 38.8 Å². The number of halogens is 2. The summed E-state index contributed by atoms with van der Waals surface area (Å²) in [5.74, 6) is 1.38. The number of hydrogen-bond acceptors (Lipinski definition) is 4. The van der Waals surface area contributed by atoms with E-state index >= 15 is 0 Å². The average Bonchev–Trinajstić information content (AvgIpc) is 3.16. The molecule has 2 aliphatic heterocycles. The number of imidazole rings is 1. The number of aryl methyl sites for hydroxylation is 1. The fourth-order valence-electron chi connectivity index (χ4n) is 3.53. The molecule has 0 aromatic carbocycles. The Hall–Kier alpha value is -0.820. The van der Waals surface area contributed by atoms with E-state index in [4.69, 9.17) is 0 Å². The molecule has 1 aromatic rings. The predicted octanol–water partition coefficient (Wildman–Crippen LogP) is 1.32. The molecule has 1 aromatic heterocycles. The Morgan fingerprint density at radius 1 is 1.29 bits per heavy atom. The van der Waals surface area contributed by atoms with Crippen molar-refractivity contribution < 1.29 is 4.79 Å². The van der Waals surface area contributed by atoms with E-state index in [0.717, 1.165) is 51.6 Å². The average molecular weight is 378 g/mol. The highest BCUT2D eigenvalue weighted by Crippen LogP contribution is 2.19. The van der Waals surface area contributed by atoms with E-state index in [1.165, 1.54) is 12.8 Å². The second-order valence-corrected chi connectivity index (χ2v) is 6.34. The Balaban J connectivity index is 0.00000144. The molecule has 0 radical (unpaired) electrons. The molecule has 2 aliphatic rings. The summed E-state index contributed by atoms with van der Waals surface area (Å²) < 4.78 is 2.22. The van der Waals surface area contributed by atoms with Crippen molar-refractivity contribution in [3.05, 3.63) is 18.2 Å². The van der Waals surface area contributed by atoms with Crippen molar-refractivity contribution in [2.24, 2.45) is 0 Å². The van der Waals surface area contributed by atoms with Crippen molar-refractivity contribution in [2.75, 3.05) is 39.3 Å². The maximum atomic E-state index is 12.3. The third-order valence-corrected chi connectivity index (χ3v) is 4.91. The number of hydrogen-bond donors (Lipinski definition) is 1. The number of aromatic nitrogens is 2. The molecule has 3 heterocycles. The molecule has 0 bridgehead atoms. The molecule has 6 nitrogen and oxygen atoms in total. The monoisotopic (exact) mass is 377 g/mol. The topological polar surface area (TPSA) is 53.4 Å². The Labute approximate surface area is 156 Å². The minimum absolute atomic E-state index is 0. The maximum absolute atomic E-state index is 12.3. The van der Waals surface area contributed by atoms with Gasteiger partial charge in [0.2, 0.25) is 5.91 Å². The summed E-state index contributed by atoms with van der Waals surface area (Å²) in [5, 5.41) is 3.29. The lowest BCUT2D eigenvalue weighted by atomic mass is 10.2. The molecule has 2 saturated heterocycles. The van der Waals surface area contributed by atoms with Crippen LogP contribution in [0.4, 0.5) is 0 Å². The zero-order valence-electron chi connectivity index (χ0n) is 14.3. The summed E-state index contributed by atoms with van der Waals surface area (Å²) in [6, 6.07) is 0.545. The first-order valence-corrected chi connectivity index (χ1v) is 8.44. The quantitative estimate of drug-likeness (QED) is 0.840. The summed E-state index contributed by atoms with van der Waals surface area (Å²) in [4.78, 5) is 21.1. The van der Waals surface area contributed by atoms with Gasteiger partial charge in [-0.25, -0.2) is 4.98 Å². The first kappa shape index (κ1) is 21.2. The van der Waals surface area contributed by atoms with Gasteiger partial charge in [0.1, 0.15) is 5.82 Å². The van der Waals surface area contributed by atoms with Gasteiger partial charge in [0.05, 0.1) is 0 Å². The largest absolute Gasteiger partial charge is 0.340 e. The summed E-state index contributed by atoms with van der Waals surface area (Å²) in [6.07, 6.45) is 7.03. The maximum Gasteiger partial charge on any atom is 0.223 e. The summed E-state index contributed by atoms with van der Waals surface area (Å²) in [6.45, 7) is 8.62. The molecule has 1 N–H and O–H groups in total. The zero-order valence-corrected chi connectivity index (χ0v) is 15.9. The lowest BCUT2D eigenvalue weighted by molar-refractivity contribution is -0.132. The van der Waals surface area contributed by atoms with Crippen LogP contribution in [0.2, 0.25) is 0 Å². The number of piperazine rings is 1. The van der Waals surface area contributed by atoms with Crippen molar-refractivity contribution in [3.8, 4) is 0 Å². The first-order valence-electron chi connectivity index (χ1n) is 8.44. The number of nitrogens with zero attached hydrogens (tertiary/aromatic N) is 4. The number of carbonyl (C=O) groups excluding carboxylic acids is 1. The van der Waals surface area contributed by atoms with Gasteiger partial charge in [-0.05, 0) is 26.3 Å². The molecule has 1 amide bonds. The van der Waals surface area contributed by atoms with E-state index in [-0.39, 0.29) is 24.8 Å². The van der Waals surface area contributed by atoms with Crippen LogP contribution >= 0.6 is 24.8 Å². The van der Waals surface area contributed by atoms with Crippen LogP contribution in [0.3, 0.4) is 0 Å². The molecule has 1 atom stereocenters. The Morgan fingerprint density at radius 2 is 2.04 bits per heavy atom. The van der Waals surface area contributed by atoms with Gasteiger partial charge in [-0.15, -0.1) is 24.8 Å². The van der Waals surface area contributed by atoms with E-state index < -0.39 is 0 Å². The molecular formula is C16H29Cl2N5O. The summed E-state index contributed by atoms with van der Waals surface area (Å²) in [5.41, 5.74) is 0. The zero-order chi connectivity index (χ0) is 15.4. The lowest BCUT2D eigenvalue weighted by Gasteiger charge is -2.29. The van der Waals surface area contributed by atoms with Crippen LogP contribution in [0.5, 0.6) is 0 Å². The lowest BCUT2D eigenvalue weighted by Crippen LogP contribution is -2.47. The fourth-order valence-corrected chi connectivity index (χ4v) is 3.53. The molecule has 138 valence electrons.